The molecule has 0 saturated carbocycles. The van der Waals surface area contributed by atoms with Crippen molar-refractivity contribution >= 4 is 17.3 Å². The van der Waals surface area contributed by atoms with Gasteiger partial charge in [0, 0.05) is 23.2 Å². The summed E-state index contributed by atoms with van der Waals surface area (Å²) in [6.45, 7) is 2.43. The van der Waals surface area contributed by atoms with E-state index in [9.17, 15) is 10.1 Å². The number of rotatable bonds is 5. The lowest BCUT2D eigenvalue weighted by Crippen LogP contribution is -2.06. The first-order valence-electron chi connectivity index (χ1n) is 6.37. The van der Waals surface area contributed by atoms with Crippen LogP contribution in [0.15, 0.2) is 36.4 Å². The average molecular weight is 307 g/mol. The molecule has 0 amide bonds. The van der Waals surface area contributed by atoms with E-state index in [1.54, 1.807) is 24.3 Å². The fraction of sp³-hybridized carbons (Fsp3) is 0.200. The Balaban J connectivity index is 2.37. The first-order valence-corrected chi connectivity index (χ1v) is 6.75. The summed E-state index contributed by atoms with van der Waals surface area (Å²) >= 11 is 5.98. The molecule has 6 heteroatoms. The van der Waals surface area contributed by atoms with E-state index in [2.05, 4.69) is 5.32 Å². The molecule has 0 aromatic heterocycles. The molecule has 1 N–H and O–H groups in total. The summed E-state index contributed by atoms with van der Waals surface area (Å²) in [5.41, 5.74) is 1.71. The minimum Gasteiger partial charge on any atom is -0.456 e. The third-order valence-corrected chi connectivity index (χ3v) is 3.23. The van der Waals surface area contributed by atoms with Crippen molar-refractivity contribution in [1.29, 1.82) is 0 Å². The Morgan fingerprint density at radius 2 is 2.00 bits per heavy atom. The van der Waals surface area contributed by atoms with E-state index in [1.165, 1.54) is 12.1 Å². The highest BCUT2D eigenvalue weighted by Crippen LogP contribution is 2.32. The predicted molar refractivity (Wildman–Crippen MR) is 82.1 cm³/mol. The molecule has 0 radical (unpaired) electrons. The number of nitro groups is 1. The summed E-state index contributed by atoms with van der Waals surface area (Å²) < 4.78 is 5.84. The van der Waals surface area contributed by atoms with E-state index in [1.807, 2.05) is 14.0 Å². The van der Waals surface area contributed by atoms with Gasteiger partial charge in [0.1, 0.15) is 11.5 Å². The maximum Gasteiger partial charge on any atom is 0.273 e. The fourth-order valence-electron chi connectivity index (χ4n) is 1.91. The van der Waals surface area contributed by atoms with Gasteiger partial charge in [0.15, 0.2) is 0 Å². The van der Waals surface area contributed by atoms with Gasteiger partial charge in [0.05, 0.1) is 11.0 Å². The number of nitrogens with one attached hydrogen (secondary N) is 1. The minimum atomic E-state index is -0.442. The van der Waals surface area contributed by atoms with E-state index in [4.69, 9.17) is 16.3 Å². The number of nitrogens with zero attached hydrogens (tertiary/aromatic N) is 1. The molecular weight excluding hydrogens is 292 g/mol. The SMILES string of the molecule is CNCc1cc(Cl)ccc1Oc1cc([N+](=O)[O-])ccc1C. The van der Waals surface area contributed by atoms with Crippen LogP contribution >= 0.6 is 11.6 Å². The monoisotopic (exact) mass is 306 g/mol. The largest absolute Gasteiger partial charge is 0.456 e. The highest BCUT2D eigenvalue weighted by molar-refractivity contribution is 6.30. The number of ether oxygens (including phenoxy) is 1. The number of hydrogen-bond acceptors (Lipinski definition) is 4. The highest BCUT2D eigenvalue weighted by atomic mass is 35.5. The normalized spacial score (nSPS) is 10.4. The maximum atomic E-state index is 10.9. The lowest BCUT2D eigenvalue weighted by Gasteiger charge is -2.13. The fourth-order valence-corrected chi connectivity index (χ4v) is 2.10. The molecule has 0 saturated heterocycles. The highest BCUT2D eigenvalue weighted by Gasteiger charge is 2.12. The quantitative estimate of drug-likeness (QED) is 0.668. The van der Waals surface area contributed by atoms with Crippen molar-refractivity contribution in [2.24, 2.45) is 0 Å². The molecule has 0 bridgehead atoms. The van der Waals surface area contributed by atoms with E-state index < -0.39 is 4.92 Å². The van der Waals surface area contributed by atoms with Crippen LogP contribution in [0.3, 0.4) is 0 Å². The standard InChI is InChI=1S/C15H15ClN2O3/c1-10-3-5-13(18(19)20)8-15(10)21-14-6-4-12(16)7-11(14)9-17-2/h3-8,17H,9H2,1-2H3. The van der Waals surface area contributed by atoms with Crippen molar-refractivity contribution in [2.45, 2.75) is 13.5 Å². The van der Waals surface area contributed by atoms with Gasteiger partial charge in [0.2, 0.25) is 0 Å². The molecule has 0 aliphatic heterocycles. The topological polar surface area (TPSA) is 64.4 Å². The van der Waals surface area contributed by atoms with E-state index in [-0.39, 0.29) is 5.69 Å². The molecule has 0 aliphatic carbocycles. The Hall–Kier alpha value is -2.11. The minimum absolute atomic E-state index is 0.000250. The molecule has 0 fully saturated rings. The molecule has 0 heterocycles. The first-order chi connectivity index (χ1) is 10.0. The molecule has 5 nitrogen and oxygen atoms in total. The molecular formula is C15H15ClN2O3. The van der Waals surface area contributed by atoms with Gasteiger partial charge in [-0.05, 0) is 43.8 Å². The van der Waals surface area contributed by atoms with Gasteiger partial charge in [-0.15, -0.1) is 0 Å². The number of non-ortho nitro benzene ring substituents is 1. The molecule has 0 unspecified atom stereocenters. The van der Waals surface area contributed by atoms with Crippen LogP contribution in [-0.2, 0) is 6.54 Å². The molecule has 0 atom stereocenters. The summed E-state index contributed by atoms with van der Waals surface area (Å²) in [6.07, 6.45) is 0. The second-order valence-electron chi connectivity index (χ2n) is 4.59. The summed E-state index contributed by atoms with van der Waals surface area (Å²) in [4.78, 5) is 10.4. The molecule has 0 aliphatic rings. The average Bonchev–Trinajstić information content (AvgIpc) is 2.44. The van der Waals surface area contributed by atoms with E-state index in [0.29, 0.717) is 23.1 Å². The summed E-state index contributed by atoms with van der Waals surface area (Å²) in [5, 5.41) is 14.5. The zero-order valence-corrected chi connectivity index (χ0v) is 12.5. The Labute approximate surface area is 127 Å². The summed E-state index contributed by atoms with van der Waals surface area (Å²) in [7, 11) is 1.82. The van der Waals surface area contributed by atoms with Gasteiger partial charge in [-0.25, -0.2) is 0 Å². The van der Waals surface area contributed by atoms with Crippen LogP contribution in [0.1, 0.15) is 11.1 Å². The van der Waals surface area contributed by atoms with Gasteiger partial charge in [-0.3, -0.25) is 10.1 Å². The molecule has 2 aromatic rings. The van der Waals surface area contributed by atoms with Crippen LogP contribution in [0.4, 0.5) is 5.69 Å². The number of hydrogen-bond donors (Lipinski definition) is 1. The number of benzene rings is 2. The van der Waals surface area contributed by atoms with Crippen LogP contribution in [0.2, 0.25) is 5.02 Å². The second kappa shape index (κ2) is 6.56. The number of halogens is 1. The third-order valence-electron chi connectivity index (χ3n) is 2.99. The van der Waals surface area contributed by atoms with Crippen molar-refractivity contribution in [1.82, 2.24) is 5.32 Å². The van der Waals surface area contributed by atoms with Crippen molar-refractivity contribution in [3.05, 3.63) is 62.7 Å². The van der Waals surface area contributed by atoms with Crippen LogP contribution < -0.4 is 10.1 Å². The van der Waals surface area contributed by atoms with Crippen LogP contribution in [0.5, 0.6) is 11.5 Å². The Morgan fingerprint density at radius 1 is 1.24 bits per heavy atom. The smallest absolute Gasteiger partial charge is 0.273 e. The molecule has 21 heavy (non-hydrogen) atoms. The van der Waals surface area contributed by atoms with Crippen molar-refractivity contribution in [3.8, 4) is 11.5 Å². The Kier molecular flexibility index (Phi) is 4.77. The molecule has 110 valence electrons. The lowest BCUT2D eigenvalue weighted by molar-refractivity contribution is -0.384. The van der Waals surface area contributed by atoms with Gasteiger partial charge in [-0.2, -0.15) is 0 Å². The Bertz CT molecular complexity index is 674. The van der Waals surface area contributed by atoms with Crippen LogP contribution in [0, 0.1) is 17.0 Å². The van der Waals surface area contributed by atoms with Gasteiger partial charge in [0.25, 0.3) is 5.69 Å². The van der Waals surface area contributed by atoms with Crippen LogP contribution in [0.25, 0.3) is 0 Å². The van der Waals surface area contributed by atoms with Gasteiger partial charge in [-0.1, -0.05) is 11.6 Å². The number of nitro benzene ring substituents is 1. The second-order valence-corrected chi connectivity index (χ2v) is 5.03. The van der Waals surface area contributed by atoms with E-state index >= 15 is 0 Å². The van der Waals surface area contributed by atoms with Crippen molar-refractivity contribution in [2.75, 3.05) is 7.05 Å². The van der Waals surface area contributed by atoms with E-state index in [0.717, 1.165) is 11.1 Å². The molecule has 0 spiro atoms. The van der Waals surface area contributed by atoms with Gasteiger partial charge >= 0.3 is 0 Å². The Morgan fingerprint density at radius 3 is 2.67 bits per heavy atom. The first kappa shape index (κ1) is 15.3. The molecule has 2 aromatic carbocycles. The van der Waals surface area contributed by atoms with Crippen molar-refractivity contribution in [3.63, 3.8) is 0 Å². The summed E-state index contributed by atoms with van der Waals surface area (Å²) in [6, 6.07) is 9.84. The predicted octanol–water partition coefficient (Wildman–Crippen LogP) is 4.07. The summed E-state index contributed by atoms with van der Waals surface area (Å²) in [5.74, 6) is 1.08. The maximum absolute atomic E-state index is 10.9. The zero-order chi connectivity index (χ0) is 15.4. The zero-order valence-electron chi connectivity index (χ0n) is 11.7. The molecule has 2 rings (SSSR count). The van der Waals surface area contributed by atoms with Gasteiger partial charge < -0.3 is 10.1 Å². The number of aryl methyl sites for hydroxylation is 1. The van der Waals surface area contributed by atoms with Crippen LogP contribution in [-0.4, -0.2) is 12.0 Å². The van der Waals surface area contributed by atoms with Crippen molar-refractivity contribution < 1.29 is 9.66 Å². The third kappa shape index (κ3) is 3.71. The lowest BCUT2D eigenvalue weighted by atomic mass is 10.1.